The van der Waals surface area contributed by atoms with Crippen LogP contribution in [0.25, 0.3) is 0 Å². The second-order valence-electron chi connectivity index (χ2n) is 3.63. The van der Waals surface area contributed by atoms with Gasteiger partial charge in [-0.05, 0) is 55.6 Å². The van der Waals surface area contributed by atoms with Gasteiger partial charge in [-0.1, -0.05) is 0 Å². The maximum atomic E-state index is 11.9. The van der Waals surface area contributed by atoms with E-state index in [1.165, 1.54) is 0 Å². The number of nitrogens with one attached hydrogen (secondary N) is 1. The Labute approximate surface area is 120 Å². The van der Waals surface area contributed by atoms with Crippen LogP contribution in [0.1, 0.15) is 5.56 Å². The lowest BCUT2D eigenvalue weighted by Crippen LogP contribution is -2.20. The molecule has 0 saturated carbocycles. The Morgan fingerprint density at radius 3 is 2.89 bits per heavy atom. The third-order valence-corrected chi connectivity index (χ3v) is 3.34. The zero-order valence-corrected chi connectivity index (χ0v) is 12.4. The molecular formula is C11H10Br2N4O. The molecule has 5 nitrogen and oxygen atoms in total. The quantitative estimate of drug-likeness (QED) is 0.638. The highest BCUT2D eigenvalue weighted by Crippen LogP contribution is 2.14. The molecule has 0 unspecified atom stereocenters. The molecule has 3 N–H and O–H groups in total. The van der Waals surface area contributed by atoms with E-state index in [-0.39, 0.29) is 5.56 Å². The fourth-order valence-electron chi connectivity index (χ4n) is 1.53. The molecular weight excluding hydrogens is 364 g/mol. The molecule has 0 aliphatic heterocycles. The third kappa shape index (κ3) is 2.98. The van der Waals surface area contributed by atoms with Gasteiger partial charge in [-0.2, -0.15) is 0 Å². The van der Waals surface area contributed by atoms with E-state index in [0.29, 0.717) is 16.8 Å². The van der Waals surface area contributed by atoms with E-state index in [0.717, 1.165) is 10.0 Å². The molecule has 0 radical (unpaired) electrons. The Morgan fingerprint density at radius 2 is 2.17 bits per heavy atom. The monoisotopic (exact) mass is 372 g/mol. The molecule has 0 amide bonds. The second kappa shape index (κ2) is 5.64. The zero-order valence-electron chi connectivity index (χ0n) is 9.23. The molecule has 2 aromatic heterocycles. The van der Waals surface area contributed by atoms with Crippen molar-refractivity contribution in [1.82, 2.24) is 9.55 Å². The number of rotatable bonds is 3. The van der Waals surface area contributed by atoms with E-state index in [1.807, 2.05) is 6.07 Å². The van der Waals surface area contributed by atoms with Crippen LogP contribution in [0.3, 0.4) is 0 Å². The predicted molar refractivity (Wildman–Crippen MR) is 77.3 cm³/mol. The summed E-state index contributed by atoms with van der Waals surface area (Å²) in [5.74, 6) is 5.86. The number of nitrogen functional groups attached to an aromatic ring is 1. The van der Waals surface area contributed by atoms with Crippen molar-refractivity contribution < 1.29 is 0 Å². The van der Waals surface area contributed by atoms with Crippen LogP contribution in [0, 0.1) is 0 Å². The van der Waals surface area contributed by atoms with Crippen LogP contribution in [0.15, 0.2) is 44.3 Å². The smallest absolute Gasteiger partial charge is 0.265 e. The first kappa shape index (κ1) is 13.3. The molecule has 94 valence electrons. The number of hydrazine groups is 1. The first-order valence-electron chi connectivity index (χ1n) is 5.07. The summed E-state index contributed by atoms with van der Waals surface area (Å²) in [6.45, 7) is 0.452. The van der Waals surface area contributed by atoms with Gasteiger partial charge in [-0.25, -0.2) is 10.8 Å². The van der Waals surface area contributed by atoms with Gasteiger partial charge in [-0.3, -0.25) is 4.79 Å². The summed E-state index contributed by atoms with van der Waals surface area (Å²) in [5.41, 5.74) is 3.32. The zero-order chi connectivity index (χ0) is 13.1. The highest BCUT2D eigenvalue weighted by molar-refractivity contribution is 9.11. The SMILES string of the molecule is NNc1cc(Cn2cc(Br)cc(Br)c2=O)ccn1. The van der Waals surface area contributed by atoms with Gasteiger partial charge in [0.1, 0.15) is 5.82 Å². The summed E-state index contributed by atoms with van der Waals surface area (Å²) < 4.78 is 2.95. The van der Waals surface area contributed by atoms with Gasteiger partial charge in [-0.15, -0.1) is 0 Å². The molecule has 0 aliphatic rings. The number of nitrogens with two attached hydrogens (primary N) is 1. The van der Waals surface area contributed by atoms with Gasteiger partial charge in [0.2, 0.25) is 0 Å². The Hall–Kier alpha value is -1.18. The van der Waals surface area contributed by atoms with Crippen LogP contribution in [0.5, 0.6) is 0 Å². The Kier molecular flexibility index (Phi) is 4.15. The molecule has 18 heavy (non-hydrogen) atoms. The number of hydrogen-bond donors (Lipinski definition) is 2. The predicted octanol–water partition coefficient (Wildman–Crippen LogP) is 2.10. The lowest BCUT2D eigenvalue weighted by atomic mass is 10.2. The average Bonchev–Trinajstić information content (AvgIpc) is 2.35. The van der Waals surface area contributed by atoms with Crippen molar-refractivity contribution in [2.45, 2.75) is 6.54 Å². The van der Waals surface area contributed by atoms with Gasteiger partial charge >= 0.3 is 0 Å². The molecule has 0 aromatic carbocycles. The average molecular weight is 374 g/mol. The van der Waals surface area contributed by atoms with Gasteiger partial charge in [0.25, 0.3) is 5.56 Å². The number of hydrogen-bond acceptors (Lipinski definition) is 4. The minimum atomic E-state index is -0.0859. The fraction of sp³-hybridized carbons (Fsp3) is 0.0909. The van der Waals surface area contributed by atoms with Crippen LogP contribution in [-0.2, 0) is 6.54 Å². The Bertz CT molecular complexity index is 627. The summed E-state index contributed by atoms with van der Waals surface area (Å²) in [4.78, 5) is 15.9. The van der Waals surface area contributed by atoms with Crippen LogP contribution in [0.2, 0.25) is 0 Å². The lowest BCUT2D eigenvalue weighted by molar-refractivity contribution is 0.751. The van der Waals surface area contributed by atoms with Crippen LogP contribution in [-0.4, -0.2) is 9.55 Å². The molecule has 0 saturated heterocycles. The van der Waals surface area contributed by atoms with Crippen molar-refractivity contribution in [2.24, 2.45) is 5.84 Å². The number of nitrogens with zero attached hydrogens (tertiary/aromatic N) is 2. The number of aromatic nitrogens is 2. The maximum Gasteiger partial charge on any atom is 0.265 e. The number of anilines is 1. The third-order valence-electron chi connectivity index (χ3n) is 2.33. The van der Waals surface area contributed by atoms with E-state index in [9.17, 15) is 4.79 Å². The van der Waals surface area contributed by atoms with Gasteiger partial charge in [0.15, 0.2) is 0 Å². The fourth-order valence-corrected chi connectivity index (χ4v) is 2.79. The highest BCUT2D eigenvalue weighted by atomic mass is 79.9. The van der Waals surface area contributed by atoms with E-state index < -0.39 is 0 Å². The molecule has 2 aromatic rings. The summed E-state index contributed by atoms with van der Waals surface area (Å²) >= 11 is 6.58. The Morgan fingerprint density at radius 1 is 1.39 bits per heavy atom. The molecule has 7 heteroatoms. The van der Waals surface area contributed by atoms with E-state index >= 15 is 0 Å². The van der Waals surface area contributed by atoms with Crippen LogP contribution in [0.4, 0.5) is 5.82 Å². The molecule has 2 rings (SSSR count). The number of halogens is 2. The van der Waals surface area contributed by atoms with Crippen molar-refractivity contribution in [3.8, 4) is 0 Å². The molecule has 0 fully saturated rings. The minimum Gasteiger partial charge on any atom is -0.309 e. The Balaban J connectivity index is 2.36. The van der Waals surface area contributed by atoms with E-state index in [1.54, 1.807) is 29.1 Å². The van der Waals surface area contributed by atoms with E-state index in [2.05, 4.69) is 42.3 Å². The molecule has 0 aliphatic carbocycles. The standard InChI is InChI=1S/C11H10Br2N4O/c12-8-4-9(13)11(18)17(6-8)5-7-1-2-15-10(3-7)16-14/h1-4,6H,5,14H2,(H,15,16). The lowest BCUT2D eigenvalue weighted by Gasteiger charge is -2.08. The molecule has 2 heterocycles. The molecule has 0 spiro atoms. The van der Waals surface area contributed by atoms with Crippen molar-refractivity contribution in [1.29, 1.82) is 0 Å². The molecule has 0 atom stereocenters. The van der Waals surface area contributed by atoms with Crippen molar-refractivity contribution in [3.63, 3.8) is 0 Å². The largest absolute Gasteiger partial charge is 0.309 e. The van der Waals surface area contributed by atoms with Crippen LogP contribution < -0.4 is 16.8 Å². The topological polar surface area (TPSA) is 72.9 Å². The normalized spacial score (nSPS) is 10.4. The maximum absolute atomic E-state index is 11.9. The van der Waals surface area contributed by atoms with Crippen molar-refractivity contribution >= 4 is 37.7 Å². The summed E-state index contributed by atoms with van der Waals surface area (Å²) in [5, 5.41) is 0. The van der Waals surface area contributed by atoms with E-state index in [4.69, 9.17) is 5.84 Å². The van der Waals surface area contributed by atoms with Gasteiger partial charge in [0.05, 0.1) is 11.0 Å². The van der Waals surface area contributed by atoms with Gasteiger partial charge < -0.3 is 9.99 Å². The van der Waals surface area contributed by atoms with Crippen molar-refractivity contribution in [3.05, 3.63) is 55.5 Å². The number of pyridine rings is 2. The van der Waals surface area contributed by atoms with Crippen molar-refractivity contribution in [2.75, 3.05) is 5.43 Å². The highest BCUT2D eigenvalue weighted by Gasteiger charge is 2.04. The first-order chi connectivity index (χ1) is 8.60. The van der Waals surface area contributed by atoms with Gasteiger partial charge in [0, 0.05) is 16.9 Å². The first-order valence-corrected chi connectivity index (χ1v) is 6.66. The minimum absolute atomic E-state index is 0.0859. The summed E-state index contributed by atoms with van der Waals surface area (Å²) in [6.07, 6.45) is 3.38. The second-order valence-corrected chi connectivity index (χ2v) is 5.40. The summed E-state index contributed by atoms with van der Waals surface area (Å²) in [6, 6.07) is 5.35. The molecule has 0 bridgehead atoms. The summed E-state index contributed by atoms with van der Waals surface area (Å²) in [7, 11) is 0. The van der Waals surface area contributed by atoms with Crippen LogP contribution >= 0.6 is 31.9 Å².